The summed E-state index contributed by atoms with van der Waals surface area (Å²) in [4.78, 5) is 10.7. The molecule has 0 aliphatic carbocycles. The van der Waals surface area contributed by atoms with Crippen LogP contribution in [0.4, 0.5) is 0 Å². The molecule has 1 rings (SSSR count). The number of thioether (sulfide) groups is 1. The van der Waals surface area contributed by atoms with Crippen molar-refractivity contribution in [1.29, 1.82) is 0 Å². The van der Waals surface area contributed by atoms with Crippen molar-refractivity contribution in [3.63, 3.8) is 0 Å². The van der Waals surface area contributed by atoms with E-state index in [0.717, 1.165) is 11.1 Å². The molecule has 0 radical (unpaired) electrons. The normalized spacial score (nSPS) is 9.50. The fourth-order valence-corrected chi connectivity index (χ4v) is 1.85. The second-order valence-corrected chi connectivity index (χ2v) is 4.86. The molecule has 0 aliphatic heterocycles. The maximum Gasteiger partial charge on any atom is 0.185 e. The molecule has 0 aliphatic rings. The molecule has 0 fully saturated rings. The zero-order chi connectivity index (χ0) is 13.4. The summed E-state index contributed by atoms with van der Waals surface area (Å²) in [5.41, 5.74) is 1.56. The third-order valence-electron chi connectivity index (χ3n) is 2.20. The van der Waals surface area contributed by atoms with Gasteiger partial charge in [0.2, 0.25) is 0 Å². The third-order valence-corrected chi connectivity index (χ3v) is 3.02. The van der Waals surface area contributed by atoms with Crippen molar-refractivity contribution in [1.82, 2.24) is 0 Å². The Morgan fingerprint density at radius 3 is 2.89 bits per heavy atom. The van der Waals surface area contributed by atoms with Gasteiger partial charge in [0, 0.05) is 19.1 Å². The maximum atomic E-state index is 10.7. The average Bonchev–Trinajstić information content (AvgIpc) is 2.37. The molecule has 18 heavy (non-hydrogen) atoms. The summed E-state index contributed by atoms with van der Waals surface area (Å²) in [6.45, 7) is 1.53. The van der Waals surface area contributed by atoms with Crippen LogP contribution in [0.2, 0.25) is 0 Å². The molecule has 0 bridgehead atoms. The van der Waals surface area contributed by atoms with Crippen LogP contribution in [0, 0.1) is 11.8 Å². The van der Waals surface area contributed by atoms with Gasteiger partial charge in [0.25, 0.3) is 0 Å². The molecule has 0 heterocycles. The predicted octanol–water partition coefficient (Wildman–Crippen LogP) is 2.21. The summed E-state index contributed by atoms with van der Waals surface area (Å²) in [5.74, 6) is 7.39. The van der Waals surface area contributed by atoms with E-state index in [1.807, 2.05) is 6.07 Å². The summed E-state index contributed by atoms with van der Waals surface area (Å²) in [7, 11) is 1.59. The van der Waals surface area contributed by atoms with Crippen LogP contribution in [0.25, 0.3) is 0 Å². The quantitative estimate of drug-likeness (QED) is 0.669. The van der Waals surface area contributed by atoms with E-state index < -0.39 is 0 Å². The number of hydrogen-bond donors (Lipinski definition) is 1. The number of rotatable bonds is 4. The summed E-state index contributed by atoms with van der Waals surface area (Å²) in [6.07, 6.45) is 0.650. The van der Waals surface area contributed by atoms with Gasteiger partial charge in [0.05, 0.1) is 19.3 Å². The van der Waals surface area contributed by atoms with E-state index in [-0.39, 0.29) is 11.7 Å². The van der Waals surface area contributed by atoms with Gasteiger partial charge < -0.3 is 9.84 Å². The SMILES string of the molecule is COc1ccc(CO)cc1C#CCCSC(C)=O. The van der Waals surface area contributed by atoms with Crippen LogP contribution < -0.4 is 4.74 Å². The van der Waals surface area contributed by atoms with Crippen LogP contribution >= 0.6 is 11.8 Å². The Hall–Kier alpha value is -1.44. The molecule has 0 saturated heterocycles. The lowest BCUT2D eigenvalue weighted by molar-refractivity contribution is -0.109. The highest BCUT2D eigenvalue weighted by molar-refractivity contribution is 8.13. The zero-order valence-corrected chi connectivity index (χ0v) is 11.3. The van der Waals surface area contributed by atoms with Crippen molar-refractivity contribution in [2.45, 2.75) is 20.0 Å². The van der Waals surface area contributed by atoms with Crippen LogP contribution in [0.3, 0.4) is 0 Å². The van der Waals surface area contributed by atoms with E-state index in [9.17, 15) is 4.79 Å². The molecule has 1 aromatic rings. The molecule has 96 valence electrons. The molecule has 0 aromatic heterocycles. The number of methoxy groups -OCH3 is 1. The first-order valence-electron chi connectivity index (χ1n) is 5.57. The Morgan fingerprint density at radius 1 is 1.50 bits per heavy atom. The van der Waals surface area contributed by atoms with Crippen molar-refractivity contribution < 1.29 is 14.6 Å². The predicted molar refractivity (Wildman–Crippen MR) is 73.6 cm³/mol. The Kier molecular flexibility index (Phi) is 6.34. The standard InChI is InChI=1S/C14H16O3S/c1-11(16)18-8-4-3-5-13-9-12(10-15)6-7-14(13)17-2/h6-7,9,15H,4,8,10H2,1-2H3. The van der Waals surface area contributed by atoms with Gasteiger partial charge >= 0.3 is 0 Å². The van der Waals surface area contributed by atoms with Crippen LogP contribution in [-0.4, -0.2) is 23.1 Å². The maximum absolute atomic E-state index is 10.7. The van der Waals surface area contributed by atoms with Crippen LogP contribution in [0.15, 0.2) is 18.2 Å². The molecular weight excluding hydrogens is 248 g/mol. The number of ether oxygens (including phenoxy) is 1. The van der Waals surface area contributed by atoms with Gasteiger partial charge in [-0.25, -0.2) is 0 Å². The molecule has 0 spiro atoms. The van der Waals surface area contributed by atoms with Gasteiger partial charge in [-0.05, 0) is 17.7 Å². The highest BCUT2D eigenvalue weighted by Gasteiger charge is 2.01. The lowest BCUT2D eigenvalue weighted by atomic mass is 10.1. The minimum Gasteiger partial charge on any atom is -0.495 e. The van der Waals surface area contributed by atoms with Crippen molar-refractivity contribution in [3.8, 4) is 17.6 Å². The molecule has 3 nitrogen and oxygen atoms in total. The van der Waals surface area contributed by atoms with Gasteiger partial charge in [0.1, 0.15) is 5.75 Å². The molecule has 0 amide bonds. The molecule has 0 unspecified atom stereocenters. The first-order valence-corrected chi connectivity index (χ1v) is 6.56. The smallest absolute Gasteiger partial charge is 0.185 e. The second kappa shape index (κ2) is 7.80. The number of aliphatic hydroxyl groups is 1. The minimum absolute atomic E-state index is 0.0150. The van der Waals surface area contributed by atoms with Crippen LogP contribution in [0.1, 0.15) is 24.5 Å². The Balaban J connectivity index is 2.70. The van der Waals surface area contributed by atoms with Gasteiger partial charge in [-0.1, -0.05) is 29.7 Å². The fraction of sp³-hybridized carbons (Fsp3) is 0.357. The topological polar surface area (TPSA) is 46.5 Å². The Bertz CT molecular complexity index is 472. The average molecular weight is 264 g/mol. The monoisotopic (exact) mass is 264 g/mol. The van der Waals surface area contributed by atoms with Gasteiger partial charge in [-0.15, -0.1) is 0 Å². The molecule has 1 aromatic carbocycles. The van der Waals surface area contributed by atoms with Crippen molar-refractivity contribution in [3.05, 3.63) is 29.3 Å². The van der Waals surface area contributed by atoms with Gasteiger partial charge in [0.15, 0.2) is 5.12 Å². The van der Waals surface area contributed by atoms with Crippen LogP contribution in [0.5, 0.6) is 5.75 Å². The summed E-state index contributed by atoms with van der Waals surface area (Å²) in [5, 5.41) is 9.17. The number of aliphatic hydroxyl groups excluding tert-OH is 1. The van der Waals surface area contributed by atoms with E-state index in [1.165, 1.54) is 11.8 Å². The third kappa shape index (κ3) is 4.82. The van der Waals surface area contributed by atoms with E-state index in [1.54, 1.807) is 26.2 Å². The van der Waals surface area contributed by atoms with Crippen LogP contribution in [-0.2, 0) is 11.4 Å². The zero-order valence-electron chi connectivity index (χ0n) is 10.5. The first-order chi connectivity index (χ1) is 8.67. The highest BCUT2D eigenvalue weighted by Crippen LogP contribution is 2.18. The van der Waals surface area contributed by atoms with E-state index >= 15 is 0 Å². The number of carbonyl (C=O) groups is 1. The molecule has 4 heteroatoms. The van der Waals surface area contributed by atoms with Crippen molar-refractivity contribution in [2.24, 2.45) is 0 Å². The molecule has 0 saturated carbocycles. The van der Waals surface area contributed by atoms with E-state index in [0.29, 0.717) is 17.9 Å². The Morgan fingerprint density at radius 2 is 2.28 bits per heavy atom. The Labute approximate surface area is 112 Å². The largest absolute Gasteiger partial charge is 0.495 e. The van der Waals surface area contributed by atoms with Crippen molar-refractivity contribution in [2.75, 3.05) is 12.9 Å². The van der Waals surface area contributed by atoms with E-state index in [2.05, 4.69) is 11.8 Å². The summed E-state index contributed by atoms with van der Waals surface area (Å²) in [6, 6.07) is 5.40. The van der Waals surface area contributed by atoms with E-state index in [4.69, 9.17) is 9.84 Å². The molecular formula is C14H16O3S. The summed E-state index contributed by atoms with van der Waals surface area (Å²) >= 11 is 1.27. The van der Waals surface area contributed by atoms with Crippen molar-refractivity contribution >= 4 is 16.9 Å². The summed E-state index contributed by atoms with van der Waals surface area (Å²) < 4.78 is 5.20. The van der Waals surface area contributed by atoms with Gasteiger partial charge in [-0.3, -0.25) is 4.79 Å². The fourth-order valence-electron chi connectivity index (χ4n) is 1.35. The second-order valence-electron chi connectivity index (χ2n) is 3.58. The molecule has 0 atom stereocenters. The molecule has 1 N–H and O–H groups in total. The number of benzene rings is 1. The van der Waals surface area contributed by atoms with Gasteiger partial charge in [-0.2, -0.15) is 0 Å². The number of carbonyl (C=O) groups excluding carboxylic acids is 1. The first kappa shape index (κ1) is 14.6. The minimum atomic E-state index is -0.0150. The highest BCUT2D eigenvalue weighted by atomic mass is 32.2. The lowest BCUT2D eigenvalue weighted by Gasteiger charge is -2.04. The number of hydrogen-bond acceptors (Lipinski definition) is 4. The lowest BCUT2D eigenvalue weighted by Crippen LogP contribution is -1.91.